The van der Waals surface area contributed by atoms with Crippen molar-refractivity contribution >= 4 is 17.7 Å². The van der Waals surface area contributed by atoms with Gasteiger partial charge in [0.05, 0.1) is 29.8 Å². The third-order valence-electron chi connectivity index (χ3n) is 2.00. The van der Waals surface area contributed by atoms with E-state index in [2.05, 4.69) is 16.4 Å². The second kappa shape index (κ2) is 2.79. The Kier molecular flexibility index (Phi) is 1.64. The molecule has 0 saturated heterocycles. The fourth-order valence-electron chi connectivity index (χ4n) is 1.33. The first-order valence-corrected chi connectivity index (χ1v) is 3.89. The van der Waals surface area contributed by atoms with Gasteiger partial charge in [-0.25, -0.2) is 0 Å². The minimum absolute atomic E-state index is 0.503. The van der Waals surface area contributed by atoms with Crippen LogP contribution < -0.4 is 11.1 Å². The lowest BCUT2D eigenvalue weighted by atomic mass is 10.1. The maximum absolute atomic E-state index is 8.86. The number of anilines is 2. The van der Waals surface area contributed by atoms with E-state index >= 15 is 0 Å². The summed E-state index contributed by atoms with van der Waals surface area (Å²) in [5, 5.41) is 11.8. The van der Waals surface area contributed by atoms with Crippen LogP contribution in [0.15, 0.2) is 17.1 Å². The Bertz CT molecular complexity index is 414. The van der Waals surface area contributed by atoms with Crippen LogP contribution in [0.4, 0.5) is 11.4 Å². The minimum atomic E-state index is 0.503. The number of hydrogen-bond acceptors (Lipinski definition) is 4. The molecule has 4 nitrogen and oxygen atoms in total. The third kappa shape index (κ3) is 1.11. The molecule has 0 atom stereocenters. The summed E-state index contributed by atoms with van der Waals surface area (Å²) in [6.07, 6.45) is 1.59. The zero-order valence-corrected chi connectivity index (χ0v) is 6.91. The Morgan fingerprint density at radius 3 is 3.15 bits per heavy atom. The van der Waals surface area contributed by atoms with E-state index in [0.29, 0.717) is 17.8 Å². The smallest absolute Gasteiger partial charge is 0.104 e. The van der Waals surface area contributed by atoms with Gasteiger partial charge >= 0.3 is 0 Å². The average molecular weight is 172 g/mol. The van der Waals surface area contributed by atoms with E-state index in [-0.39, 0.29) is 0 Å². The Morgan fingerprint density at radius 2 is 2.38 bits per heavy atom. The molecule has 0 amide bonds. The van der Waals surface area contributed by atoms with Crippen molar-refractivity contribution in [3.8, 4) is 6.07 Å². The van der Waals surface area contributed by atoms with Crippen molar-refractivity contribution in [2.75, 3.05) is 11.1 Å². The first-order valence-electron chi connectivity index (χ1n) is 3.89. The fourth-order valence-corrected chi connectivity index (χ4v) is 1.33. The largest absolute Gasteiger partial charge is 0.398 e. The highest BCUT2D eigenvalue weighted by atomic mass is 15.0. The lowest BCUT2D eigenvalue weighted by molar-refractivity contribution is 1.06. The Hall–Kier alpha value is -2.02. The SMILES string of the molecule is N#Cc1c(N)ccc2c1NC=NC2. The molecule has 1 aliphatic heterocycles. The first-order chi connectivity index (χ1) is 6.33. The number of nitrogens with one attached hydrogen (secondary N) is 1. The predicted octanol–water partition coefficient (Wildman–Crippen LogP) is 1.09. The molecule has 0 radical (unpaired) electrons. The van der Waals surface area contributed by atoms with Crippen LogP contribution in [0.3, 0.4) is 0 Å². The zero-order chi connectivity index (χ0) is 9.26. The Balaban J connectivity index is 2.64. The number of rotatable bonds is 0. The maximum Gasteiger partial charge on any atom is 0.104 e. The number of aliphatic imine (C=N–C) groups is 1. The van der Waals surface area contributed by atoms with Crippen molar-refractivity contribution in [3.63, 3.8) is 0 Å². The van der Waals surface area contributed by atoms with E-state index in [4.69, 9.17) is 11.0 Å². The van der Waals surface area contributed by atoms with Gasteiger partial charge in [-0.3, -0.25) is 4.99 Å². The molecular weight excluding hydrogens is 164 g/mol. The van der Waals surface area contributed by atoms with Crippen LogP contribution in [0.1, 0.15) is 11.1 Å². The molecule has 2 rings (SSSR count). The summed E-state index contributed by atoms with van der Waals surface area (Å²) in [5.74, 6) is 0. The van der Waals surface area contributed by atoms with Crippen molar-refractivity contribution in [3.05, 3.63) is 23.3 Å². The molecule has 0 fully saturated rings. The highest BCUT2D eigenvalue weighted by Gasteiger charge is 2.12. The number of nitrogens with zero attached hydrogens (tertiary/aromatic N) is 2. The van der Waals surface area contributed by atoms with E-state index in [1.165, 1.54) is 0 Å². The van der Waals surface area contributed by atoms with Crippen LogP contribution in [0, 0.1) is 11.3 Å². The van der Waals surface area contributed by atoms with E-state index in [9.17, 15) is 0 Å². The van der Waals surface area contributed by atoms with Gasteiger partial charge < -0.3 is 11.1 Å². The van der Waals surface area contributed by atoms with Gasteiger partial charge in [0.1, 0.15) is 6.07 Å². The summed E-state index contributed by atoms with van der Waals surface area (Å²) in [4.78, 5) is 4.04. The number of benzene rings is 1. The monoisotopic (exact) mass is 172 g/mol. The number of fused-ring (bicyclic) bond motifs is 1. The molecule has 0 unspecified atom stereocenters. The quantitative estimate of drug-likeness (QED) is 0.575. The Morgan fingerprint density at radius 1 is 1.54 bits per heavy atom. The molecule has 0 bridgehead atoms. The first kappa shape index (κ1) is 7.62. The molecule has 4 heteroatoms. The molecule has 64 valence electrons. The van der Waals surface area contributed by atoms with Crippen molar-refractivity contribution in [1.82, 2.24) is 0 Å². The highest BCUT2D eigenvalue weighted by molar-refractivity contribution is 5.86. The summed E-state index contributed by atoms with van der Waals surface area (Å²) in [6, 6.07) is 5.69. The van der Waals surface area contributed by atoms with Gasteiger partial charge in [-0.15, -0.1) is 0 Å². The zero-order valence-electron chi connectivity index (χ0n) is 6.91. The number of nitriles is 1. The number of nitrogen functional groups attached to an aromatic ring is 1. The normalized spacial score (nSPS) is 12.8. The lowest BCUT2D eigenvalue weighted by Crippen LogP contribution is -2.08. The minimum Gasteiger partial charge on any atom is -0.398 e. The average Bonchev–Trinajstić information content (AvgIpc) is 2.18. The van der Waals surface area contributed by atoms with Gasteiger partial charge in [-0.1, -0.05) is 6.07 Å². The third-order valence-corrected chi connectivity index (χ3v) is 2.00. The molecular formula is C9H8N4. The van der Waals surface area contributed by atoms with Crippen LogP contribution in [-0.4, -0.2) is 6.34 Å². The molecule has 0 saturated carbocycles. The molecule has 1 aromatic carbocycles. The van der Waals surface area contributed by atoms with Gasteiger partial charge in [-0.05, 0) is 11.6 Å². The highest BCUT2D eigenvalue weighted by Crippen LogP contribution is 2.27. The topological polar surface area (TPSA) is 74.2 Å². The number of hydrogen-bond donors (Lipinski definition) is 2. The van der Waals surface area contributed by atoms with Crippen LogP contribution in [0.2, 0.25) is 0 Å². The van der Waals surface area contributed by atoms with Crippen LogP contribution >= 0.6 is 0 Å². The summed E-state index contributed by atoms with van der Waals surface area (Å²) in [7, 11) is 0. The standard InChI is InChI=1S/C9H8N4/c10-3-7-8(11)2-1-6-4-12-5-13-9(6)7/h1-2,5H,4,11H2,(H,12,13). The number of nitrogens with two attached hydrogens (primary N) is 1. The van der Waals surface area contributed by atoms with Gasteiger partial charge in [0, 0.05) is 0 Å². The molecule has 0 aliphatic carbocycles. The van der Waals surface area contributed by atoms with Crippen LogP contribution in [0.25, 0.3) is 0 Å². The molecule has 0 aromatic heterocycles. The van der Waals surface area contributed by atoms with Gasteiger partial charge in [0.2, 0.25) is 0 Å². The molecule has 0 spiro atoms. The fraction of sp³-hybridized carbons (Fsp3) is 0.111. The lowest BCUT2D eigenvalue weighted by Gasteiger charge is -2.14. The van der Waals surface area contributed by atoms with Crippen molar-refractivity contribution < 1.29 is 0 Å². The molecule has 1 heterocycles. The second-order valence-electron chi connectivity index (χ2n) is 2.79. The van der Waals surface area contributed by atoms with Crippen LogP contribution in [0.5, 0.6) is 0 Å². The van der Waals surface area contributed by atoms with Gasteiger partial charge in [0.25, 0.3) is 0 Å². The molecule has 1 aromatic rings. The maximum atomic E-state index is 8.86. The van der Waals surface area contributed by atoms with Gasteiger partial charge in [0.15, 0.2) is 0 Å². The van der Waals surface area contributed by atoms with E-state index in [0.717, 1.165) is 11.3 Å². The van der Waals surface area contributed by atoms with Crippen LogP contribution in [-0.2, 0) is 6.54 Å². The van der Waals surface area contributed by atoms with Crippen molar-refractivity contribution in [2.24, 2.45) is 4.99 Å². The Labute approximate surface area is 75.7 Å². The summed E-state index contributed by atoms with van der Waals surface area (Å²) < 4.78 is 0. The van der Waals surface area contributed by atoms with Gasteiger partial charge in [-0.2, -0.15) is 5.26 Å². The second-order valence-corrected chi connectivity index (χ2v) is 2.79. The summed E-state index contributed by atoms with van der Waals surface area (Å²) in [6.45, 7) is 0.608. The van der Waals surface area contributed by atoms with E-state index < -0.39 is 0 Å². The summed E-state index contributed by atoms with van der Waals surface area (Å²) in [5.41, 5.74) is 8.45. The van der Waals surface area contributed by atoms with E-state index in [1.54, 1.807) is 12.4 Å². The molecule has 1 aliphatic rings. The summed E-state index contributed by atoms with van der Waals surface area (Å²) >= 11 is 0. The molecule has 3 N–H and O–H groups in total. The van der Waals surface area contributed by atoms with Crippen molar-refractivity contribution in [1.29, 1.82) is 5.26 Å². The van der Waals surface area contributed by atoms with E-state index in [1.807, 2.05) is 6.07 Å². The predicted molar refractivity (Wildman–Crippen MR) is 51.4 cm³/mol. The molecule has 13 heavy (non-hydrogen) atoms. The van der Waals surface area contributed by atoms with Crippen molar-refractivity contribution in [2.45, 2.75) is 6.54 Å².